The Morgan fingerprint density at radius 1 is 1.75 bits per heavy atom. The Balaban J connectivity index is 0. The van der Waals surface area contributed by atoms with Gasteiger partial charge in [-0.15, -0.1) is 13.7 Å². The van der Waals surface area contributed by atoms with Crippen molar-refractivity contribution >= 4 is 13.4 Å². The van der Waals surface area contributed by atoms with E-state index >= 15 is 0 Å². The third-order valence-electron chi connectivity index (χ3n) is 0.370. The molecule has 40 valence electrons. The normalized spacial score (nSPS) is 8.25. The molecule has 0 saturated carbocycles. The van der Waals surface area contributed by atoms with Gasteiger partial charge in [-0.25, -0.2) is 6.11 Å². The summed E-state index contributed by atoms with van der Waals surface area (Å²) in [4.78, 5) is 3.63. The van der Waals surface area contributed by atoms with Crippen LogP contribution in [0.3, 0.4) is 0 Å². The van der Waals surface area contributed by atoms with Gasteiger partial charge in [0.15, 0.2) is 0 Å². The summed E-state index contributed by atoms with van der Waals surface area (Å²) in [5, 5.41) is 0. The summed E-state index contributed by atoms with van der Waals surface area (Å²) in [6.07, 6.45) is 2.59. The molecule has 0 aliphatic carbocycles. The van der Waals surface area contributed by atoms with Crippen molar-refractivity contribution in [2.45, 2.75) is 13.7 Å². The number of allylic oxidation sites excluding steroid dienone is 1. The third-order valence-corrected chi connectivity index (χ3v) is 0.370. The van der Waals surface area contributed by atoms with Gasteiger partial charge in [0.1, 0.15) is 0 Å². The molecule has 0 aromatic heterocycles. The maximum atomic E-state index is 5.15. The summed E-state index contributed by atoms with van der Waals surface area (Å²) in [6.45, 7) is 8.70. The van der Waals surface area contributed by atoms with Crippen LogP contribution in [0.2, 0.25) is 6.82 Å². The summed E-state index contributed by atoms with van der Waals surface area (Å²) < 4.78 is 0. The standard InChI is InChI=1S/C5H7BN.Y/c1-5(2)7-4-6-3;/h1H,2-3H3;/q-2;. The maximum Gasteiger partial charge on any atom is 0.0290 e. The molecule has 0 bridgehead atoms. The van der Waals surface area contributed by atoms with Gasteiger partial charge in [0.25, 0.3) is 0 Å². The summed E-state index contributed by atoms with van der Waals surface area (Å²) in [6, 6.07) is 0. The summed E-state index contributed by atoms with van der Waals surface area (Å²) in [5.74, 6) is 0. The van der Waals surface area contributed by atoms with E-state index in [9.17, 15) is 0 Å². The van der Waals surface area contributed by atoms with Crippen molar-refractivity contribution in [3.63, 3.8) is 0 Å². The SMILES string of the molecule is [CH-]=C(C)N=[C-][B]C.[Y]. The fraction of sp³-hybridized carbons (Fsp3) is 0.400. The first-order valence-corrected chi connectivity index (χ1v) is 2.10. The molecule has 0 N–H and O–H groups in total. The van der Waals surface area contributed by atoms with Crippen molar-refractivity contribution in [2.24, 2.45) is 4.99 Å². The maximum absolute atomic E-state index is 5.15. The van der Waals surface area contributed by atoms with Gasteiger partial charge >= 0.3 is 0 Å². The van der Waals surface area contributed by atoms with Gasteiger partial charge in [-0.3, -0.25) is 0 Å². The first-order valence-electron chi connectivity index (χ1n) is 2.10. The van der Waals surface area contributed by atoms with Crippen molar-refractivity contribution in [3.8, 4) is 0 Å². The van der Waals surface area contributed by atoms with Gasteiger partial charge in [0.05, 0.1) is 0 Å². The van der Waals surface area contributed by atoms with Crippen LogP contribution in [0.25, 0.3) is 0 Å². The monoisotopic (exact) mass is 181 g/mol. The predicted molar refractivity (Wildman–Crippen MR) is 32.5 cm³/mol. The van der Waals surface area contributed by atoms with E-state index in [4.69, 9.17) is 6.58 Å². The molecule has 0 saturated heterocycles. The molecule has 0 rings (SSSR count). The van der Waals surface area contributed by atoms with Gasteiger partial charge in [0, 0.05) is 40.0 Å². The predicted octanol–water partition coefficient (Wildman–Crippen LogP) is 0.978. The molecule has 0 atom stereocenters. The Hall–Kier alpha value is 0.579. The van der Waals surface area contributed by atoms with Crippen molar-refractivity contribution in [3.05, 3.63) is 12.3 Å². The Kier molecular flexibility index (Phi) is 10.8. The van der Waals surface area contributed by atoms with Crippen LogP contribution >= 0.6 is 0 Å². The van der Waals surface area contributed by atoms with Crippen LogP contribution in [-0.4, -0.2) is 13.4 Å². The third kappa shape index (κ3) is 9.77. The molecule has 0 aromatic carbocycles. The van der Waals surface area contributed by atoms with Crippen molar-refractivity contribution < 1.29 is 32.7 Å². The van der Waals surface area contributed by atoms with Gasteiger partial charge in [-0.1, -0.05) is 0 Å². The van der Waals surface area contributed by atoms with Crippen LogP contribution in [0.5, 0.6) is 0 Å². The fourth-order valence-electron chi connectivity index (χ4n) is 0.166. The zero-order valence-electron chi connectivity index (χ0n) is 5.18. The van der Waals surface area contributed by atoms with Crippen LogP contribution in [0.15, 0.2) is 10.7 Å². The summed E-state index contributed by atoms with van der Waals surface area (Å²) in [7, 11) is 1.70. The van der Waals surface area contributed by atoms with Gasteiger partial charge < -0.3 is 17.3 Å². The van der Waals surface area contributed by atoms with Crippen molar-refractivity contribution in [2.75, 3.05) is 0 Å². The molecule has 0 aromatic rings. The van der Waals surface area contributed by atoms with E-state index in [1.165, 1.54) is 0 Å². The molecule has 0 unspecified atom stereocenters. The number of aliphatic imine (C=N–C) groups is 1. The molecule has 0 aliphatic rings. The Morgan fingerprint density at radius 3 is 2.38 bits per heavy atom. The van der Waals surface area contributed by atoms with Crippen LogP contribution in [0.4, 0.5) is 0 Å². The first kappa shape index (κ1) is 11.4. The molecule has 0 fully saturated rings. The van der Waals surface area contributed by atoms with Gasteiger partial charge in [0.2, 0.25) is 0 Å². The van der Waals surface area contributed by atoms with Crippen LogP contribution in [0, 0.1) is 6.58 Å². The van der Waals surface area contributed by atoms with E-state index < -0.39 is 0 Å². The zero-order chi connectivity index (χ0) is 5.70. The first-order chi connectivity index (χ1) is 3.27. The Morgan fingerprint density at radius 2 is 2.25 bits per heavy atom. The zero-order valence-corrected chi connectivity index (χ0v) is 8.02. The van der Waals surface area contributed by atoms with Crippen LogP contribution in [-0.2, 0) is 32.7 Å². The molecule has 0 heterocycles. The minimum atomic E-state index is 0. The van der Waals surface area contributed by atoms with Crippen molar-refractivity contribution in [1.29, 1.82) is 0 Å². The smallest absolute Gasteiger partial charge is 0.0290 e. The quantitative estimate of drug-likeness (QED) is 0.342. The molecule has 2 radical (unpaired) electrons. The van der Waals surface area contributed by atoms with Crippen LogP contribution in [0.1, 0.15) is 6.92 Å². The van der Waals surface area contributed by atoms with Gasteiger partial charge in [-0.05, 0) is 0 Å². The van der Waals surface area contributed by atoms with Crippen molar-refractivity contribution in [1.82, 2.24) is 0 Å². The van der Waals surface area contributed by atoms with Gasteiger partial charge in [-0.2, -0.15) is 0 Å². The Bertz CT molecular complexity index is 90.4. The number of hydrogen-bond donors (Lipinski definition) is 0. The topological polar surface area (TPSA) is 12.4 Å². The second-order valence-corrected chi connectivity index (χ2v) is 1.17. The molecule has 1 nitrogen and oxygen atoms in total. The summed E-state index contributed by atoms with van der Waals surface area (Å²) >= 11 is 0. The van der Waals surface area contributed by atoms with E-state index in [-0.39, 0.29) is 32.7 Å². The number of rotatable bonds is 2. The average Bonchev–Trinajstić information content (AvgIpc) is 1.61. The average molecular weight is 181 g/mol. The van der Waals surface area contributed by atoms with E-state index in [2.05, 4.69) is 11.1 Å². The van der Waals surface area contributed by atoms with E-state index in [0.29, 0.717) is 5.70 Å². The second kappa shape index (κ2) is 7.58. The van der Waals surface area contributed by atoms with E-state index in [1.807, 2.05) is 6.82 Å². The molecule has 0 spiro atoms. The largest absolute Gasteiger partial charge is 0.598 e. The number of nitrogens with zero attached hydrogens (tertiary/aromatic N) is 1. The Labute approximate surface area is 76.8 Å². The van der Waals surface area contributed by atoms with Crippen LogP contribution < -0.4 is 0 Å². The molecule has 0 amide bonds. The molecule has 3 heteroatoms. The second-order valence-electron chi connectivity index (χ2n) is 1.17. The minimum Gasteiger partial charge on any atom is -0.598 e. The summed E-state index contributed by atoms with van der Waals surface area (Å²) in [5.41, 5.74) is 0.540. The van der Waals surface area contributed by atoms with E-state index in [0.717, 1.165) is 0 Å². The molecule has 8 heavy (non-hydrogen) atoms. The number of hydrogen-bond acceptors (Lipinski definition) is 1. The molecular formula is C5H7BNY-2. The fourth-order valence-corrected chi connectivity index (χ4v) is 0.166. The molecular weight excluding hydrogens is 174 g/mol. The van der Waals surface area contributed by atoms with E-state index in [1.54, 1.807) is 14.2 Å². The molecule has 0 aliphatic heterocycles. The minimum absolute atomic E-state index is 0.